The van der Waals surface area contributed by atoms with Crippen molar-refractivity contribution in [1.29, 1.82) is 0 Å². The Labute approximate surface area is 207 Å². The fourth-order valence-electron chi connectivity index (χ4n) is 4.05. The van der Waals surface area contributed by atoms with Crippen molar-refractivity contribution in [3.8, 4) is 5.75 Å². The Bertz CT molecular complexity index is 1170. The van der Waals surface area contributed by atoms with Crippen molar-refractivity contribution in [2.45, 2.75) is 31.1 Å². The molecule has 1 aliphatic heterocycles. The molecule has 2 N–H and O–H groups in total. The normalized spacial score (nSPS) is 15.2. The first kappa shape index (κ1) is 24.4. The van der Waals surface area contributed by atoms with Gasteiger partial charge in [0.15, 0.2) is 0 Å². The molecule has 0 aliphatic carbocycles. The molecule has 1 atom stereocenters. The van der Waals surface area contributed by atoms with Crippen LogP contribution in [-0.2, 0) is 4.79 Å². The SMILES string of the molecule is COc1cc2ncnc(Nc3ccc(F)c(Cl)c3)c2cc1NC(=O)CC(Cl)CN1CCCCC1. The lowest BCUT2D eigenvalue weighted by molar-refractivity contribution is -0.116. The van der Waals surface area contributed by atoms with E-state index in [0.29, 0.717) is 40.4 Å². The molecule has 2 aromatic carbocycles. The van der Waals surface area contributed by atoms with Crippen LogP contribution >= 0.6 is 23.2 Å². The molecule has 34 heavy (non-hydrogen) atoms. The standard InChI is InChI=1S/C24H26Cl2FN5O2/c1-34-22-12-20-17(24(29-14-28-20)30-16-5-6-19(27)18(26)10-16)11-21(22)31-23(33)9-15(25)13-32-7-3-2-4-8-32/h5-6,10-12,14-15H,2-4,7-9,13H2,1H3,(H,31,33)(H,28,29,30). The maximum Gasteiger partial charge on any atom is 0.226 e. The summed E-state index contributed by atoms with van der Waals surface area (Å²) in [6, 6.07) is 7.77. The van der Waals surface area contributed by atoms with Gasteiger partial charge in [-0.15, -0.1) is 11.6 Å². The zero-order chi connectivity index (χ0) is 24.1. The van der Waals surface area contributed by atoms with Gasteiger partial charge < -0.3 is 20.3 Å². The zero-order valence-corrected chi connectivity index (χ0v) is 20.3. The van der Waals surface area contributed by atoms with Crippen LogP contribution in [0.2, 0.25) is 5.02 Å². The molecule has 1 amide bonds. The van der Waals surface area contributed by atoms with Crippen LogP contribution < -0.4 is 15.4 Å². The minimum atomic E-state index is -0.507. The number of rotatable bonds is 8. The summed E-state index contributed by atoms with van der Waals surface area (Å²) in [4.78, 5) is 23.7. The first-order chi connectivity index (χ1) is 16.4. The molecule has 1 aromatic heterocycles. The number of nitrogens with one attached hydrogen (secondary N) is 2. The van der Waals surface area contributed by atoms with Crippen molar-refractivity contribution >= 4 is 57.2 Å². The van der Waals surface area contributed by atoms with Gasteiger partial charge in [-0.05, 0) is 50.2 Å². The number of carbonyl (C=O) groups is 1. The Kier molecular flexibility index (Phi) is 8.03. The van der Waals surface area contributed by atoms with Gasteiger partial charge >= 0.3 is 0 Å². The van der Waals surface area contributed by atoms with Crippen molar-refractivity contribution in [1.82, 2.24) is 14.9 Å². The van der Waals surface area contributed by atoms with Crippen LogP contribution in [0.3, 0.4) is 0 Å². The second-order valence-corrected chi connectivity index (χ2v) is 9.28. The maximum atomic E-state index is 13.5. The molecule has 0 radical (unpaired) electrons. The molecule has 1 aliphatic rings. The second kappa shape index (κ2) is 11.2. The van der Waals surface area contributed by atoms with Crippen LogP contribution in [0.5, 0.6) is 5.75 Å². The van der Waals surface area contributed by atoms with Gasteiger partial charge in [0, 0.05) is 30.1 Å². The third kappa shape index (κ3) is 6.05. The fraction of sp³-hybridized carbons (Fsp3) is 0.375. The van der Waals surface area contributed by atoms with Gasteiger partial charge in [-0.2, -0.15) is 0 Å². The van der Waals surface area contributed by atoms with E-state index in [1.54, 1.807) is 18.2 Å². The van der Waals surface area contributed by atoms with Crippen LogP contribution in [0.4, 0.5) is 21.6 Å². The highest BCUT2D eigenvalue weighted by Gasteiger charge is 2.19. The van der Waals surface area contributed by atoms with Crippen molar-refractivity contribution < 1.29 is 13.9 Å². The summed E-state index contributed by atoms with van der Waals surface area (Å²) in [5.41, 5.74) is 1.66. The Hall–Kier alpha value is -2.68. The Morgan fingerprint density at radius 2 is 2.00 bits per heavy atom. The van der Waals surface area contributed by atoms with Crippen molar-refractivity contribution in [3.63, 3.8) is 0 Å². The van der Waals surface area contributed by atoms with Gasteiger partial charge in [0.2, 0.25) is 5.91 Å². The van der Waals surface area contributed by atoms with Crippen LogP contribution in [0, 0.1) is 5.82 Å². The Balaban J connectivity index is 1.52. The van der Waals surface area contributed by atoms with E-state index >= 15 is 0 Å². The predicted molar refractivity (Wildman–Crippen MR) is 134 cm³/mol. The summed E-state index contributed by atoms with van der Waals surface area (Å²) in [6.45, 7) is 2.74. The lowest BCUT2D eigenvalue weighted by atomic mass is 10.1. The molecule has 1 fully saturated rings. The number of methoxy groups -OCH3 is 1. The van der Waals surface area contributed by atoms with Gasteiger partial charge in [0.25, 0.3) is 0 Å². The quantitative estimate of drug-likeness (QED) is 0.388. The number of hydrogen-bond donors (Lipinski definition) is 2. The largest absolute Gasteiger partial charge is 0.494 e. The number of aromatic nitrogens is 2. The maximum absolute atomic E-state index is 13.5. The second-order valence-electron chi connectivity index (χ2n) is 8.26. The number of carbonyl (C=O) groups excluding carboxylic acids is 1. The highest BCUT2D eigenvalue weighted by molar-refractivity contribution is 6.31. The molecule has 1 saturated heterocycles. The van der Waals surface area contributed by atoms with E-state index in [0.717, 1.165) is 13.1 Å². The van der Waals surface area contributed by atoms with Crippen molar-refractivity contribution in [2.75, 3.05) is 37.4 Å². The molecule has 7 nitrogen and oxygen atoms in total. The minimum absolute atomic E-state index is 0.00170. The van der Waals surface area contributed by atoms with Gasteiger partial charge in [-0.1, -0.05) is 18.0 Å². The average molecular weight is 506 g/mol. The summed E-state index contributed by atoms with van der Waals surface area (Å²) >= 11 is 12.4. The van der Waals surface area contributed by atoms with Crippen molar-refractivity contribution in [2.24, 2.45) is 0 Å². The van der Waals surface area contributed by atoms with Gasteiger partial charge in [0.05, 0.1) is 28.7 Å². The predicted octanol–water partition coefficient (Wildman–Crippen LogP) is 5.60. The summed E-state index contributed by atoms with van der Waals surface area (Å²) < 4.78 is 19.0. The third-order valence-electron chi connectivity index (χ3n) is 5.72. The number of fused-ring (bicyclic) bond motifs is 1. The number of nitrogens with zero attached hydrogens (tertiary/aromatic N) is 3. The van der Waals surface area contributed by atoms with E-state index in [4.69, 9.17) is 27.9 Å². The van der Waals surface area contributed by atoms with E-state index < -0.39 is 5.82 Å². The van der Waals surface area contributed by atoms with Gasteiger partial charge in [-0.3, -0.25) is 4.79 Å². The molecule has 180 valence electrons. The number of amides is 1. The number of halogens is 3. The monoisotopic (exact) mass is 505 g/mol. The highest BCUT2D eigenvalue weighted by atomic mass is 35.5. The topological polar surface area (TPSA) is 79.4 Å². The van der Waals surface area contributed by atoms with Crippen LogP contribution in [0.1, 0.15) is 25.7 Å². The first-order valence-electron chi connectivity index (χ1n) is 11.1. The number of likely N-dealkylation sites (tertiary alicyclic amines) is 1. The highest BCUT2D eigenvalue weighted by Crippen LogP contribution is 2.33. The molecule has 2 heterocycles. The zero-order valence-electron chi connectivity index (χ0n) is 18.8. The van der Waals surface area contributed by atoms with E-state index in [1.165, 1.54) is 44.8 Å². The molecule has 3 aromatic rings. The molecular formula is C24H26Cl2FN5O2. The molecule has 0 spiro atoms. The van der Waals surface area contributed by atoms with Gasteiger partial charge in [-0.25, -0.2) is 14.4 Å². The summed E-state index contributed by atoms with van der Waals surface area (Å²) in [5, 5.41) is 6.40. The third-order valence-corrected chi connectivity index (χ3v) is 6.31. The van der Waals surface area contributed by atoms with E-state index in [1.807, 2.05) is 0 Å². The number of alkyl halides is 1. The minimum Gasteiger partial charge on any atom is -0.494 e. The van der Waals surface area contributed by atoms with E-state index in [2.05, 4.69) is 25.5 Å². The molecule has 4 rings (SSSR count). The van der Waals surface area contributed by atoms with Crippen LogP contribution in [0.15, 0.2) is 36.7 Å². The molecule has 0 saturated carbocycles. The van der Waals surface area contributed by atoms with E-state index in [9.17, 15) is 9.18 Å². The molecular weight excluding hydrogens is 480 g/mol. The fourth-order valence-corrected chi connectivity index (χ4v) is 4.57. The summed E-state index contributed by atoms with van der Waals surface area (Å²) in [5.74, 6) is 0.238. The number of anilines is 3. The summed E-state index contributed by atoms with van der Waals surface area (Å²) in [7, 11) is 1.53. The molecule has 10 heteroatoms. The number of ether oxygens (including phenoxy) is 1. The Morgan fingerprint density at radius 1 is 1.21 bits per heavy atom. The number of benzene rings is 2. The first-order valence-corrected chi connectivity index (χ1v) is 12.0. The van der Waals surface area contributed by atoms with Crippen LogP contribution in [-0.4, -0.2) is 52.9 Å². The number of piperidine rings is 1. The summed E-state index contributed by atoms with van der Waals surface area (Å²) in [6.07, 6.45) is 5.19. The molecule has 0 bridgehead atoms. The lowest BCUT2D eigenvalue weighted by Crippen LogP contribution is -2.35. The smallest absolute Gasteiger partial charge is 0.226 e. The van der Waals surface area contributed by atoms with Gasteiger partial charge in [0.1, 0.15) is 23.7 Å². The average Bonchev–Trinajstić information content (AvgIpc) is 2.82. The molecule has 1 unspecified atom stereocenters. The van der Waals surface area contributed by atoms with Crippen LogP contribution in [0.25, 0.3) is 10.9 Å². The Morgan fingerprint density at radius 3 is 2.74 bits per heavy atom. The lowest BCUT2D eigenvalue weighted by Gasteiger charge is -2.28. The van der Waals surface area contributed by atoms with E-state index in [-0.39, 0.29) is 22.7 Å². The van der Waals surface area contributed by atoms with Crippen molar-refractivity contribution in [3.05, 3.63) is 47.5 Å². The number of hydrogen-bond acceptors (Lipinski definition) is 6.